The zero-order valence-electron chi connectivity index (χ0n) is 24.2. The lowest BCUT2D eigenvalue weighted by Crippen LogP contribution is -2.65. The van der Waals surface area contributed by atoms with Crippen LogP contribution in [0.3, 0.4) is 0 Å². The second-order valence-corrected chi connectivity index (χ2v) is 15.0. The zero-order chi connectivity index (χ0) is 28.4. The van der Waals surface area contributed by atoms with Gasteiger partial charge in [-0.25, -0.2) is 0 Å². The highest BCUT2D eigenvalue weighted by molar-refractivity contribution is 7.95. The second kappa shape index (κ2) is 9.76. The molecule has 38 heavy (non-hydrogen) atoms. The molecule has 5 rings (SSSR count). The first-order chi connectivity index (χ1) is 17.5. The van der Waals surface area contributed by atoms with Gasteiger partial charge in [0.25, 0.3) is 0 Å². The first-order valence-electron chi connectivity index (χ1n) is 14.5. The first kappa shape index (κ1) is 29.9. The third-order valence-electron chi connectivity index (χ3n) is 12.6. The van der Waals surface area contributed by atoms with Crippen molar-refractivity contribution in [1.29, 1.82) is 0 Å². The van der Waals surface area contributed by atoms with Crippen LogP contribution in [0.1, 0.15) is 106 Å². The number of hydrogen-bond donors (Lipinski definition) is 1. The summed E-state index contributed by atoms with van der Waals surface area (Å²) < 4.78 is 44.0. The normalized spacial score (nSPS) is 45.1. The van der Waals surface area contributed by atoms with Gasteiger partial charge in [-0.05, 0) is 111 Å². The lowest BCUT2D eigenvalue weighted by molar-refractivity contribution is -0.225. The topological polar surface area (TPSA) is 52.3 Å². The molecule has 2 N–H and O–H groups in total. The van der Waals surface area contributed by atoms with E-state index in [0.717, 1.165) is 64.2 Å². The minimum atomic E-state index is -4.41. The Balaban J connectivity index is 0.00000107. The van der Waals surface area contributed by atoms with E-state index in [-0.39, 0.29) is 45.5 Å². The summed E-state index contributed by atoms with van der Waals surface area (Å²) in [6, 6.07) is 0. The molecule has 8 atom stereocenters. The van der Waals surface area contributed by atoms with Gasteiger partial charge in [0.1, 0.15) is 5.76 Å². The maximum Gasteiger partial charge on any atom is 0.479 e. The van der Waals surface area contributed by atoms with Gasteiger partial charge in [-0.1, -0.05) is 47.1 Å². The number of halogens is 3. The molecule has 0 heterocycles. The molecule has 1 amide bonds. The molecule has 0 radical (unpaired) electrons. The van der Waals surface area contributed by atoms with E-state index in [1.54, 1.807) is 6.08 Å². The van der Waals surface area contributed by atoms with E-state index in [4.69, 9.17) is 9.92 Å². The largest absolute Gasteiger partial charge is 0.479 e. The van der Waals surface area contributed by atoms with Gasteiger partial charge in [0.2, 0.25) is 5.91 Å². The zero-order valence-corrected chi connectivity index (χ0v) is 25.0. The lowest BCUT2D eigenvalue weighted by atomic mass is 9.33. The van der Waals surface area contributed by atoms with E-state index < -0.39 is 10.9 Å². The summed E-state index contributed by atoms with van der Waals surface area (Å²) in [6.45, 7) is 16.8. The van der Waals surface area contributed by atoms with E-state index in [1.807, 2.05) is 13.0 Å². The summed E-state index contributed by atoms with van der Waals surface area (Å²) in [5, 5.41) is 0. The van der Waals surface area contributed by atoms with Gasteiger partial charge in [-0.3, -0.25) is 4.79 Å². The molecule has 4 saturated carbocycles. The Hall–Kier alpha value is -1.11. The van der Waals surface area contributed by atoms with E-state index in [2.05, 4.69) is 41.2 Å². The highest BCUT2D eigenvalue weighted by atomic mass is 32.2. The van der Waals surface area contributed by atoms with Gasteiger partial charge in [0.15, 0.2) is 12.0 Å². The fourth-order valence-corrected chi connectivity index (χ4v) is 11.3. The molecule has 5 aliphatic rings. The average Bonchev–Trinajstić information content (AvgIpc) is 3.24. The van der Waals surface area contributed by atoms with Gasteiger partial charge in [0.05, 0.1) is 5.41 Å². The summed E-state index contributed by atoms with van der Waals surface area (Å²) in [6.07, 6.45) is 14.0. The Morgan fingerprint density at radius 3 is 2.26 bits per heavy atom. The Bertz CT molecular complexity index is 979. The number of primary amides is 1. The minimum Gasteiger partial charge on any atom is -0.421 e. The van der Waals surface area contributed by atoms with Crippen LogP contribution < -0.4 is 5.73 Å². The molecule has 0 aliphatic heterocycles. The summed E-state index contributed by atoms with van der Waals surface area (Å²) >= 11 is -0.378. The number of alkyl halides is 3. The van der Waals surface area contributed by atoms with Gasteiger partial charge in [-0.2, -0.15) is 13.2 Å². The molecule has 7 heteroatoms. The highest BCUT2D eigenvalue weighted by Crippen LogP contribution is 2.76. The Morgan fingerprint density at radius 1 is 1.00 bits per heavy atom. The van der Waals surface area contributed by atoms with E-state index in [0.29, 0.717) is 23.5 Å². The molecule has 7 unspecified atom stereocenters. The highest BCUT2D eigenvalue weighted by Gasteiger charge is 2.70. The first-order valence-corrected chi connectivity index (χ1v) is 15.3. The number of rotatable bonds is 3. The molecule has 0 aromatic rings. The number of hydrogen-bond acceptors (Lipinski definition) is 3. The number of carbonyl (C=O) groups excluding carboxylic acids is 1. The number of allylic oxidation sites excluding steroid dienone is 3. The van der Waals surface area contributed by atoms with Crippen molar-refractivity contribution in [3.63, 3.8) is 0 Å². The molecule has 4 fully saturated rings. The summed E-state index contributed by atoms with van der Waals surface area (Å²) in [5.74, 6) is 2.13. The smallest absolute Gasteiger partial charge is 0.421 e. The predicted molar refractivity (Wildman–Crippen MR) is 149 cm³/mol. The van der Waals surface area contributed by atoms with Crippen LogP contribution in [0.15, 0.2) is 24.5 Å². The van der Waals surface area contributed by atoms with E-state index in [9.17, 15) is 18.0 Å². The Kier molecular flexibility index (Phi) is 7.67. The standard InChI is InChI=1S/C28H42F3NO2S.C3H6/c1-23(2)19-10-14-26(5)20(24(19,3)13-11-21(23)34-35-28(29,30)31)9-8-17-18-7-6-12-27(18,22(32)33)16-15-25(17,26)4;1-3-2/h11,17-20H,6-10,12-16H2,1-5H3,(H2,32,33);3H,1H2,2H3/t17?,18?,19?,20?,24?,25-,26?,27?;/m1./s1. The van der Waals surface area contributed by atoms with E-state index >= 15 is 0 Å². The van der Waals surface area contributed by atoms with Gasteiger partial charge in [0, 0.05) is 5.41 Å². The lowest BCUT2D eigenvalue weighted by Gasteiger charge is -2.71. The second-order valence-electron chi connectivity index (χ2n) is 14.2. The van der Waals surface area contributed by atoms with Crippen LogP contribution in [0.5, 0.6) is 0 Å². The molecule has 0 bridgehead atoms. The monoisotopic (exact) mass is 555 g/mol. The molecule has 216 valence electrons. The molecule has 0 spiro atoms. The summed E-state index contributed by atoms with van der Waals surface area (Å²) in [4.78, 5) is 12.7. The fourth-order valence-electron chi connectivity index (χ4n) is 10.8. The molecule has 0 aromatic heterocycles. The van der Waals surface area contributed by atoms with Gasteiger partial charge < -0.3 is 9.92 Å². The van der Waals surface area contributed by atoms with Crippen molar-refractivity contribution in [1.82, 2.24) is 0 Å². The number of carbonyl (C=O) groups is 1. The van der Waals surface area contributed by atoms with Crippen LogP contribution in [0, 0.1) is 50.7 Å². The van der Waals surface area contributed by atoms with Crippen LogP contribution in [-0.2, 0) is 8.98 Å². The maximum absolute atomic E-state index is 12.9. The van der Waals surface area contributed by atoms with Crippen molar-refractivity contribution in [2.45, 2.75) is 111 Å². The third-order valence-corrected chi connectivity index (χ3v) is 13.0. The SMILES string of the molecule is C=CC.CC1(C)C(OSC(F)(F)F)=CCC2(C)C1CCC1(C)C2CCC2C3CCCC3(C(N)=O)CC[C@]21C. The van der Waals surface area contributed by atoms with Crippen LogP contribution in [0.4, 0.5) is 13.2 Å². The molecule has 3 nitrogen and oxygen atoms in total. The van der Waals surface area contributed by atoms with Crippen LogP contribution in [0.25, 0.3) is 0 Å². The fraction of sp³-hybridized carbons (Fsp3) is 0.839. The number of fused-ring (bicyclic) bond motifs is 7. The maximum atomic E-state index is 12.9. The van der Waals surface area contributed by atoms with Crippen molar-refractivity contribution in [3.05, 3.63) is 24.5 Å². The quantitative estimate of drug-likeness (QED) is 0.279. The third kappa shape index (κ3) is 4.27. The predicted octanol–water partition coefficient (Wildman–Crippen LogP) is 9.20. The molecule has 0 saturated heterocycles. The average molecular weight is 556 g/mol. The van der Waals surface area contributed by atoms with Crippen LogP contribution >= 0.6 is 12.0 Å². The molecule has 5 aliphatic carbocycles. The van der Waals surface area contributed by atoms with Gasteiger partial charge in [-0.15, -0.1) is 6.58 Å². The van der Waals surface area contributed by atoms with Crippen molar-refractivity contribution < 1.29 is 22.1 Å². The van der Waals surface area contributed by atoms with Crippen LogP contribution in [0.2, 0.25) is 0 Å². The van der Waals surface area contributed by atoms with Crippen molar-refractivity contribution in [2.24, 2.45) is 56.5 Å². The van der Waals surface area contributed by atoms with Crippen molar-refractivity contribution >= 4 is 17.9 Å². The van der Waals surface area contributed by atoms with Crippen molar-refractivity contribution in [3.8, 4) is 0 Å². The Morgan fingerprint density at radius 2 is 1.66 bits per heavy atom. The number of amides is 1. The number of nitrogens with two attached hydrogens (primary N) is 1. The summed E-state index contributed by atoms with van der Waals surface area (Å²) in [7, 11) is 0. The van der Waals surface area contributed by atoms with Gasteiger partial charge >= 0.3 is 5.51 Å². The van der Waals surface area contributed by atoms with Crippen molar-refractivity contribution in [2.75, 3.05) is 0 Å². The molecular formula is C31H48F3NO2S. The Labute approximate surface area is 232 Å². The van der Waals surface area contributed by atoms with E-state index in [1.165, 1.54) is 0 Å². The molecular weight excluding hydrogens is 507 g/mol. The van der Waals surface area contributed by atoms with Crippen LogP contribution in [-0.4, -0.2) is 11.4 Å². The molecule has 0 aromatic carbocycles. The summed E-state index contributed by atoms with van der Waals surface area (Å²) in [5.41, 5.74) is 1.23. The minimum absolute atomic E-state index is 0.0220.